The minimum atomic E-state index is -1.34. The number of hydrogen-bond donors (Lipinski definition) is 2. The number of carbonyl (C=O) groups is 1. The molecular formula is C18H26N2O2S. The highest BCUT2D eigenvalue weighted by Crippen LogP contribution is 2.42. The molecule has 5 rings (SSSR count). The summed E-state index contributed by atoms with van der Waals surface area (Å²) in [6.45, 7) is 3.27. The van der Waals surface area contributed by atoms with Gasteiger partial charge in [0.15, 0.2) is 5.60 Å². The summed E-state index contributed by atoms with van der Waals surface area (Å²) >= 11 is 1.50. The summed E-state index contributed by atoms with van der Waals surface area (Å²) in [5, 5.41) is 16.6. The number of aliphatic hydroxyl groups is 1. The molecular weight excluding hydrogens is 308 g/mol. The zero-order valence-corrected chi connectivity index (χ0v) is 14.4. The molecule has 1 amide bonds. The Labute approximate surface area is 141 Å². The van der Waals surface area contributed by atoms with Crippen molar-refractivity contribution < 1.29 is 9.90 Å². The van der Waals surface area contributed by atoms with Crippen LogP contribution in [0.15, 0.2) is 17.5 Å². The predicted octanol–water partition coefficient (Wildman–Crippen LogP) is 2.34. The van der Waals surface area contributed by atoms with E-state index in [0.717, 1.165) is 50.2 Å². The fourth-order valence-corrected chi connectivity index (χ4v) is 5.64. The first-order valence-electron chi connectivity index (χ1n) is 8.97. The number of nitrogens with one attached hydrogen (secondary N) is 1. The van der Waals surface area contributed by atoms with Crippen LogP contribution < -0.4 is 5.32 Å². The third-order valence-electron chi connectivity index (χ3n) is 6.16. The number of thiophene rings is 1. The first-order valence-corrected chi connectivity index (χ1v) is 9.85. The van der Waals surface area contributed by atoms with Crippen LogP contribution in [-0.2, 0) is 10.4 Å². The highest BCUT2D eigenvalue weighted by Gasteiger charge is 2.48. The molecule has 23 heavy (non-hydrogen) atoms. The first-order chi connectivity index (χ1) is 11.2. The topological polar surface area (TPSA) is 52.6 Å². The second-order valence-electron chi connectivity index (χ2n) is 7.44. The van der Waals surface area contributed by atoms with Crippen molar-refractivity contribution in [2.24, 2.45) is 11.8 Å². The smallest absolute Gasteiger partial charge is 0.258 e. The number of fused-ring (bicyclic) bond motifs is 3. The molecule has 3 saturated heterocycles. The van der Waals surface area contributed by atoms with Crippen LogP contribution in [-0.4, -0.2) is 41.6 Å². The molecule has 0 aromatic carbocycles. The largest absolute Gasteiger partial charge is 0.374 e. The van der Waals surface area contributed by atoms with Crippen LogP contribution in [0.5, 0.6) is 0 Å². The van der Waals surface area contributed by atoms with Crippen LogP contribution in [0, 0.1) is 11.8 Å². The molecule has 2 N–H and O–H groups in total. The van der Waals surface area contributed by atoms with Crippen molar-refractivity contribution in [3.05, 3.63) is 22.4 Å². The zero-order valence-electron chi connectivity index (χ0n) is 13.5. The number of rotatable bonds is 4. The van der Waals surface area contributed by atoms with Crippen LogP contribution >= 0.6 is 11.3 Å². The van der Waals surface area contributed by atoms with Gasteiger partial charge in [-0.3, -0.25) is 4.79 Å². The maximum absolute atomic E-state index is 13.1. The first kappa shape index (κ1) is 15.6. The molecule has 1 unspecified atom stereocenters. The van der Waals surface area contributed by atoms with Crippen LogP contribution in [0.4, 0.5) is 0 Å². The molecule has 4 nitrogen and oxygen atoms in total. The summed E-state index contributed by atoms with van der Waals surface area (Å²) in [6, 6.07) is 4.05. The van der Waals surface area contributed by atoms with E-state index in [9.17, 15) is 9.90 Å². The van der Waals surface area contributed by atoms with Crippen LogP contribution in [0.25, 0.3) is 0 Å². The van der Waals surface area contributed by atoms with Gasteiger partial charge in [0, 0.05) is 23.4 Å². The van der Waals surface area contributed by atoms with E-state index < -0.39 is 5.60 Å². The van der Waals surface area contributed by atoms with Gasteiger partial charge in [-0.1, -0.05) is 18.9 Å². The summed E-state index contributed by atoms with van der Waals surface area (Å²) in [6.07, 6.45) is 6.47. The van der Waals surface area contributed by atoms with E-state index in [1.54, 1.807) is 0 Å². The maximum atomic E-state index is 13.1. The Balaban J connectivity index is 1.55. The van der Waals surface area contributed by atoms with Gasteiger partial charge in [0.1, 0.15) is 0 Å². The van der Waals surface area contributed by atoms with Gasteiger partial charge in [-0.25, -0.2) is 0 Å². The molecule has 1 saturated carbocycles. The van der Waals surface area contributed by atoms with Crippen LogP contribution in [0.3, 0.4) is 0 Å². The average Bonchev–Trinajstić information content (AvgIpc) is 3.29. The Morgan fingerprint density at radius 3 is 2.57 bits per heavy atom. The Kier molecular flexibility index (Phi) is 4.20. The lowest BCUT2D eigenvalue weighted by Crippen LogP contribution is -2.60. The van der Waals surface area contributed by atoms with Gasteiger partial charge in [-0.2, -0.15) is 0 Å². The number of amides is 1. The van der Waals surface area contributed by atoms with Crippen molar-refractivity contribution in [2.75, 3.05) is 19.6 Å². The van der Waals surface area contributed by atoms with Gasteiger partial charge >= 0.3 is 0 Å². The number of piperidine rings is 3. The van der Waals surface area contributed by atoms with Gasteiger partial charge in [0.25, 0.3) is 5.91 Å². The molecule has 2 atom stereocenters. The van der Waals surface area contributed by atoms with Crippen molar-refractivity contribution in [1.82, 2.24) is 10.2 Å². The van der Waals surface area contributed by atoms with Crippen molar-refractivity contribution >= 4 is 17.2 Å². The second kappa shape index (κ2) is 6.19. The van der Waals surface area contributed by atoms with E-state index in [2.05, 4.69) is 10.2 Å². The van der Waals surface area contributed by atoms with Crippen molar-refractivity contribution in [1.29, 1.82) is 0 Å². The highest BCUT2D eigenvalue weighted by atomic mass is 32.1. The number of nitrogens with zero attached hydrogens (tertiary/aromatic N) is 1. The Hall–Kier alpha value is -0.910. The molecule has 1 aliphatic carbocycles. The number of carbonyl (C=O) groups excluding carboxylic acids is 1. The van der Waals surface area contributed by atoms with Crippen molar-refractivity contribution in [3.63, 3.8) is 0 Å². The average molecular weight is 334 g/mol. The standard InChI is InChI=1S/C18H26N2O2S/c21-17(19-15-12-20-9-7-13(15)8-10-20)18(22,14-4-1-2-5-14)16-6-3-11-23-16/h3,6,11,13-15,22H,1-2,4-5,7-10,12H2,(H,19,21)/t15-,18?/m0/s1. The lowest BCUT2D eigenvalue weighted by atomic mass is 9.81. The van der Waals surface area contributed by atoms with Crippen molar-refractivity contribution in [3.8, 4) is 0 Å². The fraction of sp³-hybridized carbons (Fsp3) is 0.722. The normalized spacial score (nSPS) is 33.5. The lowest BCUT2D eigenvalue weighted by molar-refractivity contribution is -0.149. The molecule has 4 fully saturated rings. The van der Waals surface area contributed by atoms with Crippen LogP contribution in [0.1, 0.15) is 43.4 Å². The van der Waals surface area contributed by atoms with Gasteiger partial charge in [0.2, 0.25) is 0 Å². The number of hydrogen-bond acceptors (Lipinski definition) is 4. The SMILES string of the molecule is O=C(N[C@H]1CN2CCC1CC2)C(O)(c1cccs1)C1CCCC1. The quantitative estimate of drug-likeness (QED) is 0.889. The predicted molar refractivity (Wildman–Crippen MR) is 91.3 cm³/mol. The van der Waals surface area contributed by atoms with Crippen LogP contribution in [0.2, 0.25) is 0 Å². The lowest BCUT2D eigenvalue weighted by Gasteiger charge is -2.46. The molecule has 4 aliphatic rings. The van der Waals surface area contributed by atoms with E-state index in [0.29, 0.717) is 5.92 Å². The molecule has 1 aromatic rings. The summed E-state index contributed by atoms with van der Waals surface area (Å²) < 4.78 is 0. The summed E-state index contributed by atoms with van der Waals surface area (Å²) in [4.78, 5) is 16.4. The molecule has 3 aliphatic heterocycles. The Morgan fingerprint density at radius 2 is 2.00 bits per heavy atom. The zero-order chi connectivity index (χ0) is 15.9. The molecule has 126 valence electrons. The highest BCUT2D eigenvalue weighted by molar-refractivity contribution is 7.10. The van der Waals surface area contributed by atoms with Gasteiger partial charge < -0.3 is 15.3 Å². The van der Waals surface area contributed by atoms with Gasteiger partial charge in [-0.15, -0.1) is 11.3 Å². The second-order valence-corrected chi connectivity index (χ2v) is 8.39. The monoisotopic (exact) mass is 334 g/mol. The molecule has 5 heteroatoms. The van der Waals surface area contributed by atoms with Crippen molar-refractivity contribution in [2.45, 2.75) is 50.2 Å². The molecule has 4 heterocycles. The van der Waals surface area contributed by atoms with E-state index in [1.165, 1.54) is 24.2 Å². The van der Waals surface area contributed by atoms with E-state index in [1.807, 2.05) is 17.5 Å². The Bertz CT molecular complexity index is 547. The summed E-state index contributed by atoms with van der Waals surface area (Å²) in [5.74, 6) is 0.480. The molecule has 0 radical (unpaired) electrons. The minimum absolute atomic E-state index is 0.0576. The van der Waals surface area contributed by atoms with E-state index in [4.69, 9.17) is 0 Å². The summed E-state index contributed by atoms with van der Waals surface area (Å²) in [5.41, 5.74) is -1.34. The third-order valence-corrected chi connectivity index (χ3v) is 7.16. The molecule has 1 aromatic heterocycles. The van der Waals surface area contributed by atoms with E-state index >= 15 is 0 Å². The van der Waals surface area contributed by atoms with Gasteiger partial charge in [0.05, 0.1) is 0 Å². The Morgan fingerprint density at radius 1 is 1.26 bits per heavy atom. The summed E-state index contributed by atoms with van der Waals surface area (Å²) in [7, 11) is 0. The third kappa shape index (κ3) is 2.73. The maximum Gasteiger partial charge on any atom is 0.258 e. The molecule has 2 bridgehead atoms. The van der Waals surface area contributed by atoms with Gasteiger partial charge in [-0.05, 0) is 56.1 Å². The fourth-order valence-electron chi connectivity index (χ4n) is 4.74. The minimum Gasteiger partial charge on any atom is -0.374 e. The molecule has 0 spiro atoms. The van der Waals surface area contributed by atoms with E-state index in [-0.39, 0.29) is 17.9 Å².